The third-order valence-corrected chi connectivity index (χ3v) is 1.88. The van der Waals surface area contributed by atoms with Crippen molar-refractivity contribution in [3.8, 4) is 0 Å². The molecule has 0 unspecified atom stereocenters. The Kier molecular flexibility index (Phi) is 3.10. The molecule has 1 aliphatic rings. The minimum absolute atomic E-state index is 0.362. The summed E-state index contributed by atoms with van der Waals surface area (Å²) in [4.78, 5) is 12.9. The average molecular weight is 170 g/mol. The molecule has 1 amide bonds. The van der Waals surface area contributed by atoms with Crippen LogP contribution in [0.15, 0.2) is 11.8 Å². The summed E-state index contributed by atoms with van der Waals surface area (Å²) in [5.74, 6) is -0.362. The molecule has 4 heteroatoms. The molecule has 4 nitrogen and oxygen atoms in total. The summed E-state index contributed by atoms with van der Waals surface area (Å²) in [6, 6.07) is 0. The zero-order chi connectivity index (χ0) is 8.97. The quantitative estimate of drug-likeness (QED) is 0.579. The Morgan fingerprint density at radius 3 is 2.50 bits per heavy atom. The molecule has 0 atom stereocenters. The molecule has 12 heavy (non-hydrogen) atoms. The highest BCUT2D eigenvalue weighted by atomic mass is 16.5. The predicted octanol–water partition coefficient (Wildman–Crippen LogP) is -0.292. The largest absolute Gasteiger partial charge is 0.378 e. The van der Waals surface area contributed by atoms with Gasteiger partial charge < -0.3 is 15.4 Å². The third-order valence-electron chi connectivity index (χ3n) is 1.88. The number of nitrogens with zero attached hydrogens (tertiary/aromatic N) is 1. The molecular weight excluding hydrogens is 156 g/mol. The molecule has 1 heterocycles. The third kappa shape index (κ3) is 1.98. The number of rotatable bonds is 2. The Morgan fingerprint density at radius 1 is 1.50 bits per heavy atom. The number of carbonyl (C=O) groups is 1. The van der Waals surface area contributed by atoms with Crippen LogP contribution in [0.3, 0.4) is 0 Å². The first kappa shape index (κ1) is 9.06. The highest BCUT2D eigenvalue weighted by Gasteiger charge is 2.16. The van der Waals surface area contributed by atoms with Gasteiger partial charge in [0, 0.05) is 13.1 Å². The van der Waals surface area contributed by atoms with Crippen LogP contribution in [-0.4, -0.2) is 37.1 Å². The van der Waals surface area contributed by atoms with Crippen molar-refractivity contribution in [2.24, 2.45) is 5.73 Å². The molecule has 0 saturated carbocycles. The molecular formula is C8H14N2O2. The van der Waals surface area contributed by atoms with Crippen LogP contribution >= 0.6 is 0 Å². The minimum Gasteiger partial charge on any atom is -0.378 e. The van der Waals surface area contributed by atoms with Crippen molar-refractivity contribution in [3.63, 3.8) is 0 Å². The van der Waals surface area contributed by atoms with Crippen LogP contribution in [0.25, 0.3) is 0 Å². The van der Waals surface area contributed by atoms with Gasteiger partial charge in [0.05, 0.1) is 18.9 Å². The van der Waals surface area contributed by atoms with E-state index >= 15 is 0 Å². The van der Waals surface area contributed by atoms with Crippen molar-refractivity contribution in [2.75, 3.05) is 26.3 Å². The Balaban J connectivity index is 2.59. The number of nitrogens with two attached hydrogens (primary N) is 1. The van der Waals surface area contributed by atoms with Gasteiger partial charge in [0.15, 0.2) is 0 Å². The van der Waals surface area contributed by atoms with E-state index in [0.29, 0.717) is 18.9 Å². The Morgan fingerprint density at radius 2 is 2.08 bits per heavy atom. The lowest BCUT2D eigenvalue weighted by molar-refractivity contribution is -0.116. The maximum Gasteiger partial charge on any atom is 0.264 e. The lowest BCUT2D eigenvalue weighted by atomic mass is 10.3. The van der Waals surface area contributed by atoms with Crippen molar-refractivity contribution in [1.29, 1.82) is 0 Å². The first-order valence-electron chi connectivity index (χ1n) is 4.04. The topological polar surface area (TPSA) is 55.6 Å². The summed E-state index contributed by atoms with van der Waals surface area (Å²) >= 11 is 0. The molecule has 1 aliphatic heterocycles. The van der Waals surface area contributed by atoms with E-state index in [1.807, 2.05) is 11.8 Å². The summed E-state index contributed by atoms with van der Waals surface area (Å²) in [6.45, 7) is 4.66. The molecule has 0 aliphatic carbocycles. The van der Waals surface area contributed by atoms with Crippen molar-refractivity contribution in [1.82, 2.24) is 4.90 Å². The van der Waals surface area contributed by atoms with Crippen LogP contribution in [0.4, 0.5) is 0 Å². The molecule has 0 aromatic carbocycles. The van der Waals surface area contributed by atoms with E-state index in [1.165, 1.54) is 0 Å². The van der Waals surface area contributed by atoms with E-state index in [0.717, 1.165) is 13.1 Å². The van der Waals surface area contributed by atoms with Crippen LogP contribution in [-0.2, 0) is 9.53 Å². The lowest BCUT2D eigenvalue weighted by Crippen LogP contribution is -2.39. The second kappa shape index (κ2) is 4.11. The van der Waals surface area contributed by atoms with E-state index in [9.17, 15) is 4.79 Å². The predicted molar refractivity (Wildman–Crippen MR) is 45.3 cm³/mol. The van der Waals surface area contributed by atoms with Gasteiger partial charge in [-0.2, -0.15) is 0 Å². The fourth-order valence-electron chi connectivity index (χ4n) is 1.28. The monoisotopic (exact) mass is 170 g/mol. The summed E-state index contributed by atoms with van der Waals surface area (Å²) in [7, 11) is 0. The number of carbonyl (C=O) groups excluding carboxylic acids is 1. The van der Waals surface area contributed by atoms with Crippen molar-refractivity contribution in [2.45, 2.75) is 6.92 Å². The first-order valence-corrected chi connectivity index (χ1v) is 4.04. The molecule has 0 radical (unpaired) electrons. The molecule has 1 fully saturated rings. The van der Waals surface area contributed by atoms with Crippen LogP contribution in [0.5, 0.6) is 0 Å². The standard InChI is InChI=1S/C8H14N2O2/c1-2-7(8(9)11)10-3-5-12-6-4-10/h2H,3-6H2,1H3,(H2,9,11). The molecule has 0 spiro atoms. The molecule has 1 rings (SSSR count). The molecule has 68 valence electrons. The van der Waals surface area contributed by atoms with Crippen LogP contribution in [0.2, 0.25) is 0 Å². The van der Waals surface area contributed by atoms with E-state index in [1.54, 1.807) is 6.08 Å². The van der Waals surface area contributed by atoms with Crippen molar-refractivity contribution in [3.05, 3.63) is 11.8 Å². The van der Waals surface area contributed by atoms with Crippen LogP contribution in [0.1, 0.15) is 6.92 Å². The smallest absolute Gasteiger partial charge is 0.264 e. The fraction of sp³-hybridized carbons (Fsp3) is 0.625. The molecule has 0 aromatic rings. The Labute approximate surface area is 72.0 Å². The van der Waals surface area contributed by atoms with Crippen molar-refractivity contribution >= 4 is 5.91 Å². The van der Waals surface area contributed by atoms with Crippen molar-refractivity contribution < 1.29 is 9.53 Å². The van der Waals surface area contributed by atoms with Gasteiger partial charge in [-0.15, -0.1) is 0 Å². The fourth-order valence-corrected chi connectivity index (χ4v) is 1.28. The second-order valence-corrected chi connectivity index (χ2v) is 2.64. The van der Waals surface area contributed by atoms with Crippen LogP contribution in [0, 0.1) is 0 Å². The molecule has 0 aromatic heterocycles. The van der Waals surface area contributed by atoms with Gasteiger partial charge in [-0.3, -0.25) is 4.79 Å². The minimum atomic E-state index is -0.362. The highest BCUT2D eigenvalue weighted by molar-refractivity contribution is 5.91. The number of morpholine rings is 1. The molecule has 0 bridgehead atoms. The number of primary amides is 1. The maximum atomic E-state index is 10.9. The van der Waals surface area contributed by atoms with Gasteiger partial charge in [-0.1, -0.05) is 6.08 Å². The average Bonchev–Trinajstić information content (AvgIpc) is 2.07. The van der Waals surface area contributed by atoms with Crippen LogP contribution < -0.4 is 5.73 Å². The Bertz CT molecular complexity index is 195. The van der Waals surface area contributed by atoms with Gasteiger partial charge in [0.1, 0.15) is 0 Å². The van der Waals surface area contributed by atoms with E-state index < -0.39 is 0 Å². The van der Waals surface area contributed by atoms with Gasteiger partial charge in [0.25, 0.3) is 5.91 Å². The van der Waals surface area contributed by atoms with E-state index in [-0.39, 0.29) is 5.91 Å². The number of allylic oxidation sites excluding steroid dienone is 1. The highest BCUT2D eigenvalue weighted by Crippen LogP contribution is 2.06. The normalized spacial score (nSPS) is 19.4. The van der Waals surface area contributed by atoms with Gasteiger partial charge >= 0.3 is 0 Å². The van der Waals surface area contributed by atoms with Gasteiger partial charge in [-0.05, 0) is 6.92 Å². The summed E-state index contributed by atoms with van der Waals surface area (Å²) in [5, 5.41) is 0. The zero-order valence-corrected chi connectivity index (χ0v) is 7.25. The summed E-state index contributed by atoms with van der Waals surface area (Å²) in [6.07, 6.45) is 1.74. The molecule has 2 N–H and O–H groups in total. The number of ether oxygens (including phenoxy) is 1. The SMILES string of the molecule is CC=C(C(N)=O)N1CCOCC1. The second-order valence-electron chi connectivity index (χ2n) is 2.64. The summed E-state index contributed by atoms with van der Waals surface area (Å²) < 4.78 is 5.15. The number of amides is 1. The first-order chi connectivity index (χ1) is 5.75. The van der Waals surface area contributed by atoms with E-state index in [4.69, 9.17) is 10.5 Å². The Hall–Kier alpha value is -1.03. The van der Waals surface area contributed by atoms with E-state index in [2.05, 4.69) is 0 Å². The van der Waals surface area contributed by atoms with Gasteiger partial charge in [0.2, 0.25) is 0 Å². The number of hydrogen-bond acceptors (Lipinski definition) is 3. The maximum absolute atomic E-state index is 10.9. The summed E-state index contributed by atoms with van der Waals surface area (Å²) in [5.41, 5.74) is 5.78. The molecule has 1 saturated heterocycles. The number of hydrogen-bond donors (Lipinski definition) is 1. The lowest BCUT2D eigenvalue weighted by Gasteiger charge is -2.29. The van der Waals surface area contributed by atoms with Gasteiger partial charge in [-0.25, -0.2) is 0 Å². The zero-order valence-electron chi connectivity index (χ0n) is 7.25.